The quantitative estimate of drug-likeness (QED) is 0.869. The van der Waals surface area contributed by atoms with E-state index in [4.69, 9.17) is 9.84 Å². The van der Waals surface area contributed by atoms with Crippen molar-refractivity contribution in [1.29, 1.82) is 0 Å². The fourth-order valence-corrected chi connectivity index (χ4v) is 3.06. The van der Waals surface area contributed by atoms with Gasteiger partial charge in [-0.15, -0.1) is 0 Å². The van der Waals surface area contributed by atoms with Gasteiger partial charge in [-0.05, 0) is 43.5 Å². The third-order valence-electron chi connectivity index (χ3n) is 4.41. The minimum absolute atomic E-state index is 0.197. The van der Waals surface area contributed by atoms with Crippen molar-refractivity contribution in [3.8, 4) is 0 Å². The lowest BCUT2D eigenvalue weighted by atomic mass is 10.1. The first-order chi connectivity index (χ1) is 12.1. The van der Waals surface area contributed by atoms with Crippen molar-refractivity contribution in [2.45, 2.75) is 32.4 Å². The van der Waals surface area contributed by atoms with Gasteiger partial charge in [-0.3, -0.25) is 4.90 Å². The summed E-state index contributed by atoms with van der Waals surface area (Å²) < 4.78 is 5.89. The van der Waals surface area contributed by atoms with Crippen molar-refractivity contribution >= 4 is 5.97 Å². The average Bonchev–Trinajstić information content (AvgIpc) is 2.61. The van der Waals surface area contributed by atoms with E-state index < -0.39 is 5.97 Å². The number of carboxylic acids is 1. The number of ether oxygens (including phenoxy) is 1. The van der Waals surface area contributed by atoms with Gasteiger partial charge in [-0.25, -0.2) is 14.8 Å². The van der Waals surface area contributed by atoms with Gasteiger partial charge in [0.05, 0.1) is 18.3 Å². The van der Waals surface area contributed by atoms with Crippen LogP contribution in [0.1, 0.15) is 33.7 Å². The molecular weight excluding hydrogens is 318 g/mol. The van der Waals surface area contributed by atoms with Crippen molar-refractivity contribution in [2.75, 3.05) is 19.7 Å². The molecule has 25 heavy (non-hydrogen) atoms. The fraction of sp³-hybridized carbons (Fsp3) is 0.421. The first kappa shape index (κ1) is 17.5. The standard InChI is InChI=1S/C19H23N3O3/c1-14-10-17(21-13-20-14)6-7-18-12-22(8-9-25-18)11-15-2-4-16(5-3-15)19(23)24/h2-5,10,13,18H,6-9,11-12H2,1H3,(H,23,24)/t18-/m1/s1. The van der Waals surface area contributed by atoms with E-state index in [2.05, 4.69) is 14.9 Å². The van der Waals surface area contributed by atoms with Crippen molar-refractivity contribution < 1.29 is 14.6 Å². The number of aromatic carboxylic acids is 1. The number of rotatable bonds is 6. The summed E-state index contributed by atoms with van der Waals surface area (Å²) in [5.74, 6) is -0.891. The van der Waals surface area contributed by atoms with Crippen molar-refractivity contribution in [3.05, 3.63) is 59.2 Å². The van der Waals surface area contributed by atoms with Crippen LogP contribution in [0.4, 0.5) is 0 Å². The smallest absolute Gasteiger partial charge is 0.335 e. The molecule has 0 amide bonds. The first-order valence-corrected chi connectivity index (χ1v) is 8.54. The summed E-state index contributed by atoms with van der Waals surface area (Å²) in [5.41, 5.74) is 3.49. The minimum Gasteiger partial charge on any atom is -0.478 e. The number of hydrogen-bond donors (Lipinski definition) is 1. The topological polar surface area (TPSA) is 75.6 Å². The van der Waals surface area contributed by atoms with E-state index in [0.717, 1.165) is 56.0 Å². The summed E-state index contributed by atoms with van der Waals surface area (Å²) in [7, 11) is 0. The number of nitrogens with zero attached hydrogens (tertiary/aromatic N) is 3. The van der Waals surface area contributed by atoms with E-state index in [9.17, 15) is 4.79 Å². The Kier molecular flexibility index (Phi) is 5.73. The van der Waals surface area contributed by atoms with Gasteiger partial charge in [-0.1, -0.05) is 12.1 Å². The maximum Gasteiger partial charge on any atom is 0.335 e. The molecule has 3 rings (SSSR count). The summed E-state index contributed by atoms with van der Waals surface area (Å²) in [6.07, 6.45) is 3.63. The van der Waals surface area contributed by atoms with Gasteiger partial charge in [-0.2, -0.15) is 0 Å². The summed E-state index contributed by atoms with van der Waals surface area (Å²) in [5, 5.41) is 8.97. The lowest BCUT2D eigenvalue weighted by Gasteiger charge is -2.33. The highest BCUT2D eigenvalue weighted by molar-refractivity contribution is 5.87. The largest absolute Gasteiger partial charge is 0.478 e. The fourth-order valence-electron chi connectivity index (χ4n) is 3.06. The normalized spacial score (nSPS) is 18.2. The monoisotopic (exact) mass is 341 g/mol. The van der Waals surface area contributed by atoms with E-state index in [1.807, 2.05) is 25.1 Å². The Hall–Kier alpha value is -2.31. The van der Waals surface area contributed by atoms with Crippen LogP contribution in [0.15, 0.2) is 36.7 Å². The Bertz CT molecular complexity index is 718. The molecule has 6 nitrogen and oxygen atoms in total. The van der Waals surface area contributed by atoms with Gasteiger partial charge in [0.1, 0.15) is 6.33 Å². The number of morpholine rings is 1. The Labute approximate surface area is 147 Å². The van der Waals surface area contributed by atoms with Crippen LogP contribution >= 0.6 is 0 Å². The molecular formula is C19H23N3O3. The lowest BCUT2D eigenvalue weighted by molar-refractivity contribution is -0.0346. The summed E-state index contributed by atoms with van der Waals surface area (Å²) >= 11 is 0. The molecule has 0 bridgehead atoms. The molecule has 6 heteroatoms. The average molecular weight is 341 g/mol. The second-order valence-corrected chi connectivity index (χ2v) is 6.42. The SMILES string of the molecule is Cc1cc(CC[C@@H]2CN(Cc3ccc(C(=O)O)cc3)CCO2)ncn1. The van der Waals surface area contributed by atoms with Crippen molar-refractivity contribution in [1.82, 2.24) is 14.9 Å². The molecule has 1 aromatic carbocycles. The number of carboxylic acid groups (broad SMARTS) is 1. The summed E-state index contributed by atoms with van der Waals surface area (Å²) in [6.45, 7) is 5.28. The number of carbonyl (C=O) groups is 1. The van der Waals surface area contributed by atoms with Crippen LogP contribution in [0.5, 0.6) is 0 Å². The van der Waals surface area contributed by atoms with Gasteiger partial charge in [0, 0.05) is 31.0 Å². The second-order valence-electron chi connectivity index (χ2n) is 6.42. The van der Waals surface area contributed by atoms with Crippen molar-refractivity contribution in [2.24, 2.45) is 0 Å². The maximum absolute atomic E-state index is 10.9. The van der Waals surface area contributed by atoms with Crippen LogP contribution in [0.3, 0.4) is 0 Å². The molecule has 2 aromatic rings. The Morgan fingerprint density at radius 2 is 2.12 bits per heavy atom. The number of hydrogen-bond acceptors (Lipinski definition) is 5. The number of aromatic nitrogens is 2. The molecule has 1 atom stereocenters. The van der Waals surface area contributed by atoms with Crippen LogP contribution < -0.4 is 0 Å². The molecule has 1 N–H and O–H groups in total. The predicted molar refractivity (Wildman–Crippen MR) is 93.5 cm³/mol. The maximum atomic E-state index is 10.9. The van der Waals surface area contributed by atoms with Crippen LogP contribution in [-0.4, -0.2) is 51.7 Å². The van der Waals surface area contributed by atoms with Crippen LogP contribution in [0.2, 0.25) is 0 Å². The number of benzene rings is 1. The Morgan fingerprint density at radius 3 is 2.84 bits per heavy atom. The molecule has 0 saturated carbocycles. The Morgan fingerprint density at radius 1 is 1.32 bits per heavy atom. The molecule has 1 aliphatic heterocycles. The third kappa shape index (κ3) is 5.08. The molecule has 0 unspecified atom stereocenters. The molecule has 1 saturated heterocycles. The zero-order chi connectivity index (χ0) is 17.6. The molecule has 132 valence electrons. The highest BCUT2D eigenvalue weighted by Gasteiger charge is 2.20. The van der Waals surface area contributed by atoms with E-state index in [0.29, 0.717) is 5.56 Å². The van der Waals surface area contributed by atoms with E-state index in [-0.39, 0.29) is 6.10 Å². The zero-order valence-corrected chi connectivity index (χ0v) is 14.4. The van der Waals surface area contributed by atoms with Gasteiger partial charge in [0.25, 0.3) is 0 Å². The lowest BCUT2D eigenvalue weighted by Crippen LogP contribution is -2.42. The third-order valence-corrected chi connectivity index (χ3v) is 4.41. The van der Waals surface area contributed by atoms with Gasteiger partial charge in [0.2, 0.25) is 0 Å². The minimum atomic E-state index is -0.891. The van der Waals surface area contributed by atoms with Crippen molar-refractivity contribution in [3.63, 3.8) is 0 Å². The van der Waals surface area contributed by atoms with Gasteiger partial charge < -0.3 is 9.84 Å². The Balaban J connectivity index is 1.51. The highest BCUT2D eigenvalue weighted by atomic mass is 16.5. The van der Waals surface area contributed by atoms with Gasteiger partial charge in [0.15, 0.2) is 0 Å². The molecule has 2 heterocycles. The molecule has 0 radical (unpaired) electrons. The molecule has 1 aromatic heterocycles. The second kappa shape index (κ2) is 8.18. The van der Waals surface area contributed by atoms with Gasteiger partial charge >= 0.3 is 5.97 Å². The first-order valence-electron chi connectivity index (χ1n) is 8.54. The predicted octanol–water partition coefficient (Wildman–Crippen LogP) is 2.32. The van der Waals surface area contributed by atoms with E-state index in [1.54, 1.807) is 18.5 Å². The van der Waals surface area contributed by atoms with Crippen LogP contribution in [0, 0.1) is 6.92 Å². The molecule has 1 fully saturated rings. The summed E-state index contributed by atoms with van der Waals surface area (Å²) in [4.78, 5) is 21.7. The summed E-state index contributed by atoms with van der Waals surface area (Å²) in [6, 6.07) is 9.11. The molecule has 1 aliphatic rings. The molecule has 0 spiro atoms. The number of aryl methyl sites for hydroxylation is 2. The van der Waals surface area contributed by atoms with E-state index in [1.165, 1.54) is 0 Å². The van der Waals surface area contributed by atoms with Crippen LogP contribution in [0.25, 0.3) is 0 Å². The molecule has 0 aliphatic carbocycles. The zero-order valence-electron chi connectivity index (χ0n) is 14.4. The highest BCUT2D eigenvalue weighted by Crippen LogP contribution is 2.15. The van der Waals surface area contributed by atoms with Crippen LogP contribution in [-0.2, 0) is 17.7 Å². The van der Waals surface area contributed by atoms with E-state index >= 15 is 0 Å².